The highest BCUT2D eigenvalue weighted by Crippen LogP contribution is 2.41. The first-order valence-corrected chi connectivity index (χ1v) is 10.3. The maximum atomic E-state index is 15.2. The summed E-state index contributed by atoms with van der Waals surface area (Å²) in [6.07, 6.45) is 5.25. The number of benzene rings is 1. The molecule has 0 aliphatic heterocycles. The Bertz CT molecular complexity index is 1350. The van der Waals surface area contributed by atoms with Crippen LogP contribution in [0.15, 0.2) is 24.8 Å². The van der Waals surface area contributed by atoms with Crippen molar-refractivity contribution < 1.29 is 18.7 Å². The summed E-state index contributed by atoms with van der Waals surface area (Å²) in [4.78, 5) is 20.6. The van der Waals surface area contributed by atoms with Crippen molar-refractivity contribution in [2.24, 2.45) is 5.92 Å². The summed E-state index contributed by atoms with van der Waals surface area (Å²) in [6, 6.07) is -0.407. The maximum absolute atomic E-state index is 15.2. The molecule has 0 radical (unpaired) electrons. The van der Waals surface area contributed by atoms with Crippen molar-refractivity contribution in [2.45, 2.75) is 25.6 Å². The number of imidazole rings is 1. The number of hydrogen-bond donors (Lipinski definition) is 4. The third-order valence-electron chi connectivity index (χ3n) is 5.35. The molecule has 1 saturated carbocycles. The topological polar surface area (TPSA) is 120 Å². The van der Waals surface area contributed by atoms with Crippen molar-refractivity contribution in [3.05, 3.63) is 35.6 Å². The van der Waals surface area contributed by atoms with E-state index in [9.17, 15) is 14.3 Å². The van der Waals surface area contributed by atoms with Crippen LogP contribution in [0, 0.1) is 11.7 Å². The minimum absolute atomic E-state index is 0.104. The molecule has 1 aliphatic carbocycles. The summed E-state index contributed by atoms with van der Waals surface area (Å²) in [7, 11) is 0. The van der Waals surface area contributed by atoms with Crippen LogP contribution >= 0.6 is 11.6 Å². The van der Waals surface area contributed by atoms with E-state index in [-0.39, 0.29) is 29.6 Å². The summed E-state index contributed by atoms with van der Waals surface area (Å²) in [6.45, 7) is 1.50. The molecular weight excluding hydrogens is 444 g/mol. The Balaban J connectivity index is 1.55. The fourth-order valence-corrected chi connectivity index (χ4v) is 3.83. The number of nitrogens with one attached hydrogen (secondary N) is 3. The number of nitrogens with zero attached hydrogens (tertiary/aromatic N) is 4. The average Bonchev–Trinajstić information content (AvgIpc) is 3.14. The predicted octanol–water partition coefficient (Wildman–Crippen LogP) is 3.15. The van der Waals surface area contributed by atoms with Gasteiger partial charge in [0.15, 0.2) is 17.3 Å². The van der Waals surface area contributed by atoms with Crippen molar-refractivity contribution in [3.63, 3.8) is 0 Å². The van der Waals surface area contributed by atoms with Crippen LogP contribution < -0.4 is 10.6 Å². The number of rotatable bonds is 6. The van der Waals surface area contributed by atoms with Crippen LogP contribution in [0.1, 0.15) is 13.3 Å². The number of anilines is 2. The fraction of sp³-hybridized carbons (Fsp3) is 0.300. The summed E-state index contributed by atoms with van der Waals surface area (Å²) >= 11 is 6.40. The number of halogens is 3. The van der Waals surface area contributed by atoms with Crippen molar-refractivity contribution in [1.82, 2.24) is 24.6 Å². The molecule has 1 amide bonds. The lowest BCUT2D eigenvalue weighted by Crippen LogP contribution is -2.20. The quantitative estimate of drug-likeness (QED) is 0.350. The third-order valence-corrected chi connectivity index (χ3v) is 5.71. The van der Waals surface area contributed by atoms with Gasteiger partial charge in [0.2, 0.25) is 5.91 Å². The SMILES string of the molecule is CC(CO)Nc1c(F)c(Cl)c(-c2cn3cc(NC(=O)[C@@H]4C[C@@H]4F)nc3cn2)c2cn[nH]c12. The van der Waals surface area contributed by atoms with Crippen molar-refractivity contribution in [2.75, 3.05) is 17.2 Å². The lowest BCUT2D eigenvalue weighted by atomic mass is 10.0. The van der Waals surface area contributed by atoms with Gasteiger partial charge in [0.05, 0.1) is 53.0 Å². The minimum Gasteiger partial charge on any atom is -0.394 e. The lowest BCUT2D eigenvalue weighted by molar-refractivity contribution is -0.117. The van der Waals surface area contributed by atoms with Crippen LogP contribution in [0.2, 0.25) is 5.02 Å². The molecule has 1 fully saturated rings. The van der Waals surface area contributed by atoms with E-state index in [1.807, 2.05) is 0 Å². The van der Waals surface area contributed by atoms with Gasteiger partial charge in [-0.2, -0.15) is 5.10 Å². The van der Waals surface area contributed by atoms with Crippen LogP contribution in [0.3, 0.4) is 0 Å². The molecule has 0 spiro atoms. The minimum atomic E-state index is -1.10. The van der Waals surface area contributed by atoms with Gasteiger partial charge in [0, 0.05) is 23.2 Å². The van der Waals surface area contributed by atoms with Gasteiger partial charge < -0.3 is 20.1 Å². The van der Waals surface area contributed by atoms with Crippen LogP contribution in [0.4, 0.5) is 20.3 Å². The van der Waals surface area contributed by atoms with Crippen LogP contribution in [-0.2, 0) is 4.79 Å². The van der Waals surface area contributed by atoms with Gasteiger partial charge in [-0.3, -0.25) is 14.9 Å². The molecule has 0 bridgehead atoms. The zero-order valence-corrected chi connectivity index (χ0v) is 17.5. The van der Waals surface area contributed by atoms with E-state index in [0.717, 1.165) is 0 Å². The molecule has 166 valence electrons. The highest BCUT2D eigenvalue weighted by Gasteiger charge is 2.43. The second-order valence-corrected chi connectivity index (χ2v) is 8.15. The van der Waals surface area contributed by atoms with E-state index in [4.69, 9.17) is 11.6 Å². The fourth-order valence-electron chi connectivity index (χ4n) is 3.53. The Morgan fingerprint density at radius 2 is 2.22 bits per heavy atom. The Hall–Kier alpha value is -3.31. The Kier molecular flexibility index (Phi) is 4.94. The molecule has 3 heterocycles. The summed E-state index contributed by atoms with van der Waals surface area (Å²) < 4.78 is 29.9. The summed E-state index contributed by atoms with van der Waals surface area (Å²) in [5.74, 6) is -1.49. The second-order valence-electron chi connectivity index (χ2n) is 7.78. The van der Waals surface area contributed by atoms with Crippen molar-refractivity contribution in [1.29, 1.82) is 0 Å². The molecule has 3 atom stereocenters. The average molecular weight is 462 g/mol. The van der Waals surface area contributed by atoms with E-state index in [0.29, 0.717) is 27.8 Å². The molecule has 0 saturated heterocycles. The first kappa shape index (κ1) is 20.6. The Morgan fingerprint density at radius 3 is 2.94 bits per heavy atom. The molecule has 5 rings (SSSR count). The van der Waals surface area contributed by atoms with Gasteiger partial charge >= 0.3 is 0 Å². The number of carbonyl (C=O) groups is 1. The number of H-pyrrole nitrogens is 1. The number of fused-ring (bicyclic) bond motifs is 2. The van der Waals surface area contributed by atoms with E-state index in [2.05, 4.69) is 30.8 Å². The molecule has 12 heteroatoms. The standard InChI is InChI=1S/C20H18ClF2N7O2/c1-8(7-31)26-19-17(23)16(21)15(10-3-25-29-18(10)19)12-5-30-6-13(27-14(30)4-24-12)28-20(32)9-2-11(9)22/h3-6,8-9,11,26,31H,2,7H2,1H3,(H,25,29)(H,28,32)/t8?,9-,11+/m1/s1. The van der Waals surface area contributed by atoms with E-state index in [1.54, 1.807) is 23.7 Å². The number of aliphatic hydroxyl groups is 1. The van der Waals surface area contributed by atoms with Gasteiger partial charge in [-0.05, 0) is 13.3 Å². The maximum Gasteiger partial charge on any atom is 0.231 e. The first-order chi connectivity index (χ1) is 15.4. The zero-order chi connectivity index (χ0) is 22.6. The number of aliphatic hydroxyl groups excluding tert-OH is 1. The molecular formula is C20H18ClF2N7O2. The number of amides is 1. The number of alkyl halides is 1. The number of carbonyl (C=O) groups excluding carboxylic acids is 1. The molecule has 4 N–H and O–H groups in total. The van der Waals surface area contributed by atoms with Crippen molar-refractivity contribution >= 4 is 45.6 Å². The molecule has 1 aromatic carbocycles. The molecule has 1 aliphatic rings. The highest BCUT2D eigenvalue weighted by atomic mass is 35.5. The monoisotopic (exact) mass is 461 g/mol. The van der Waals surface area contributed by atoms with Gasteiger partial charge in [0.1, 0.15) is 6.17 Å². The predicted molar refractivity (Wildman–Crippen MR) is 115 cm³/mol. The Morgan fingerprint density at radius 1 is 1.44 bits per heavy atom. The smallest absolute Gasteiger partial charge is 0.231 e. The summed E-state index contributed by atoms with van der Waals surface area (Å²) in [5, 5.41) is 21.9. The molecule has 9 nitrogen and oxygen atoms in total. The van der Waals surface area contributed by atoms with Crippen LogP contribution in [0.5, 0.6) is 0 Å². The molecule has 32 heavy (non-hydrogen) atoms. The first-order valence-electron chi connectivity index (χ1n) is 9.88. The molecule has 1 unspecified atom stereocenters. The Labute approximate surface area is 184 Å². The number of aromatic nitrogens is 5. The zero-order valence-electron chi connectivity index (χ0n) is 16.7. The van der Waals surface area contributed by atoms with Gasteiger partial charge in [-0.1, -0.05) is 11.6 Å². The molecule has 4 aromatic rings. The molecule has 3 aromatic heterocycles. The van der Waals surface area contributed by atoms with Crippen molar-refractivity contribution in [3.8, 4) is 11.3 Å². The van der Waals surface area contributed by atoms with Crippen LogP contribution in [0.25, 0.3) is 27.8 Å². The number of hydrogen-bond acceptors (Lipinski definition) is 6. The largest absolute Gasteiger partial charge is 0.394 e. The summed E-state index contributed by atoms with van der Waals surface area (Å²) in [5.41, 5.74) is 1.61. The highest BCUT2D eigenvalue weighted by molar-refractivity contribution is 6.35. The van der Waals surface area contributed by atoms with E-state index < -0.39 is 29.9 Å². The second kappa shape index (κ2) is 7.68. The normalized spacial score (nSPS) is 18.8. The third kappa shape index (κ3) is 3.43. The van der Waals surface area contributed by atoms with Crippen LogP contribution in [-0.4, -0.2) is 54.4 Å². The lowest BCUT2D eigenvalue weighted by Gasteiger charge is -2.17. The van der Waals surface area contributed by atoms with Gasteiger partial charge in [0.25, 0.3) is 0 Å². The van der Waals surface area contributed by atoms with E-state index >= 15 is 4.39 Å². The van der Waals surface area contributed by atoms with Gasteiger partial charge in [-0.25, -0.2) is 13.8 Å². The van der Waals surface area contributed by atoms with Gasteiger partial charge in [-0.15, -0.1) is 0 Å². The van der Waals surface area contributed by atoms with E-state index in [1.165, 1.54) is 12.4 Å². The number of aromatic amines is 1.